The van der Waals surface area contributed by atoms with Crippen LogP contribution in [-0.2, 0) is 0 Å². The molecule has 0 bridgehead atoms. The van der Waals surface area contributed by atoms with Crippen LogP contribution >= 0.6 is 11.6 Å². The molecular weight excluding hydrogens is 480 g/mol. The van der Waals surface area contributed by atoms with Gasteiger partial charge in [0.25, 0.3) is 11.6 Å². The summed E-state index contributed by atoms with van der Waals surface area (Å²) in [6.45, 7) is 0.581. The van der Waals surface area contributed by atoms with Gasteiger partial charge in [-0.1, -0.05) is 35.9 Å². The number of carbonyl (C=O) groups is 1. The summed E-state index contributed by atoms with van der Waals surface area (Å²) in [7, 11) is 0. The van der Waals surface area contributed by atoms with E-state index in [1.807, 2.05) is 0 Å². The fraction of sp³-hybridized carbons (Fsp3) is 0.185. The van der Waals surface area contributed by atoms with Crippen molar-refractivity contribution in [3.63, 3.8) is 0 Å². The monoisotopic (exact) mass is 499 g/mol. The maximum atomic E-state index is 13.6. The van der Waals surface area contributed by atoms with Gasteiger partial charge in [0.15, 0.2) is 0 Å². The number of allylic oxidation sites excluding steroid dienone is 1. The predicted molar refractivity (Wildman–Crippen MR) is 126 cm³/mol. The first kappa shape index (κ1) is 23.3. The van der Waals surface area contributed by atoms with Crippen LogP contribution in [0.15, 0.2) is 78.9 Å². The number of alkyl halides is 3. The molecule has 0 aromatic heterocycles. The zero-order valence-corrected chi connectivity index (χ0v) is 19.2. The second kappa shape index (κ2) is 8.96. The van der Waals surface area contributed by atoms with Gasteiger partial charge in [-0.15, -0.1) is 4.58 Å². The molecule has 2 aliphatic rings. The van der Waals surface area contributed by atoms with Gasteiger partial charge in [-0.3, -0.25) is 4.79 Å². The van der Waals surface area contributed by atoms with Crippen molar-refractivity contribution < 1.29 is 26.9 Å². The van der Waals surface area contributed by atoms with Crippen molar-refractivity contribution in [1.82, 2.24) is 4.90 Å². The number of nitrogens with zero attached hydrogens (tertiary/aromatic N) is 2. The predicted octanol–water partition coefficient (Wildman–Crippen LogP) is 7.16. The summed E-state index contributed by atoms with van der Waals surface area (Å²) in [6, 6.07) is 18.9. The molecule has 1 fully saturated rings. The number of rotatable bonds is 4. The van der Waals surface area contributed by atoms with Gasteiger partial charge >= 0.3 is 6.18 Å². The van der Waals surface area contributed by atoms with Gasteiger partial charge < -0.3 is 4.90 Å². The van der Waals surface area contributed by atoms with Crippen LogP contribution in [0.4, 0.5) is 23.2 Å². The molecular formula is C27H20ClF4N2O+. The van der Waals surface area contributed by atoms with Crippen LogP contribution in [0.25, 0.3) is 5.70 Å². The first-order valence-corrected chi connectivity index (χ1v) is 11.5. The quantitative estimate of drug-likeness (QED) is 0.276. The Morgan fingerprint density at radius 1 is 0.971 bits per heavy atom. The van der Waals surface area contributed by atoms with Crippen molar-refractivity contribution in [2.45, 2.75) is 25.1 Å². The Labute approximate surface area is 204 Å². The zero-order chi connectivity index (χ0) is 24.7. The molecule has 0 N–H and O–H groups in total. The zero-order valence-electron chi connectivity index (χ0n) is 18.4. The van der Waals surface area contributed by atoms with Crippen molar-refractivity contribution in [2.75, 3.05) is 6.54 Å². The van der Waals surface area contributed by atoms with Crippen molar-refractivity contribution in [2.24, 2.45) is 0 Å². The molecule has 8 heteroatoms. The SMILES string of the molecule is O=C(c1ccc(C2=CC(C(F)(F)F)=[N+]2c2ccccc2Cl)cc1)N1CCCC1c1ccc(F)cc1. The van der Waals surface area contributed by atoms with Gasteiger partial charge in [0.1, 0.15) is 10.8 Å². The number of hydrogen-bond donors (Lipinski definition) is 0. The van der Waals surface area contributed by atoms with E-state index in [-0.39, 0.29) is 28.5 Å². The first-order chi connectivity index (χ1) is 16.7. The minimum Gasteiger partial charge on any atom is -0.332 e. The van der Waals surface area contributed by atoms with Crippen LogP contribution in [0.3, 0.4) is 0 Å². The first-order valence-electron chi connectivity index (χ1n) is 11.1. The van der Waals surface area contributed by atoms with Crippen LogP contribution in [-0.4, -0.2) is 33.8 Å². The van der Waals surface area contributed by atoms with E-state index in [1.165, 1.54) is 24.3 Å². The molecule has 1 saturated heterocycles. The second-order valence-corrected chi connectivity index (χ2v) is 8.89. The maximum Gasteiger partial charge on any atom is 0.478 e. The summed E-state index contributed by atoms with van der Waals surface area (Å²) in [6.07, 6.45) is -1.85. The lowest BCUT2D eigenvalue weighted by Gasteiger charge is -2.25. The Morgan fingerprint density at radius 2 is 1.66 bits per heavy atom. The molecule has 0 spiro atoms. The van der Waals surface area contributed by atoms with Gasteiger partial charge in [0.05, 0.1) is 12.1 Å². The van der Waals surface area contributed by atoms with E-state index in [4.69, 9.17) is 11.6 Å². The van der Waals surface area contributed by atoms with E-state index >= 15 is 0 Å². The molecule has 2 heterocycles. The van der Waals surface area contributed by atoms with Gasteiger partial charge in [-0.05, 0) is 60.9 Å². The summed E-state index contributed by atoms with van der Waals surface area (Å²) in [4.78, 5) is 15.0. The average molecular weight is 500 g/mol. The molecule has 3 aromatic carbocycles. The third-order valence-electron chi connectivity index (χ3n) is 6.34. The maximum absolute atomic E-state index is 13.6. The number of para-hydroxylation sites is 1. The molecule has 2 aliphatic heterocycles. The smallest absolute Gasteiger partial charge is 0.332 e. The lowest BCUT2D eigenvalue weighted by Crippen LogP contribution is -2.36. The van der Waals surface area contributed by atoms with E-state index in [2.05, 4.69) is 0 Å². The van der Waals surface area contributed by atoms with Crippen molar-refractivity contribution in [3.05, 3.63) is 106 Å². The number of carbonyl (C=O) groups excluding carboxylic acids is 1. The Hall–Kier alpha value is -3.45. The summed E-state index contributed by atoms with van der Waals surface area (Å²) in [5.74, 6) is -0.501. The van der Waals surface area contributed by atoms with Gasteiger partial charge in [-0.25, -0.2) is 4.39 Å². The highest BCUT2D eigenvalue weighted by atomic mass is 35.5. The molecule has 1 amide bonds. The molecule has 5 rings (SSSR count). The van der Waals surface area contributed by atoms with E-state index in [1.54, 1.807) is 53.4 Å². The molecule has 1 unspecified atom stereocenters. The van der Waals surface area contributed by atoms with Crippen LogP contribution in [0.2, 0.25) is 5.02 Å². The van der Waals surface area contributed by atoms with Crippen LogP contribution < -0.4 is 0 Å². The Kier molecular flexibility index (Phi) is 5.97. The Balaban J connectivity index is 1.40. The molecule has 3 aromatic rings. The van der Waals surface area contributed by atoms with E-state index in [9.17, 15) is 22.4 Å². The standard InChI is InChI=1S/C27H20ClF4N2O/c28-21-4-1-2-5-23(21)34-24(16-25(34)27(30,31)32)18-7-9-19(10-8-18)26(35)33-15-3-6-22(33)17-11-13-20(29)14-12-17/h1-2,4-5,7-14,16,22H,3,6,15H2/q+1. The third-order valence-corrected chi connectivity index (χ3v) is 6.65. The van der Waals surface area contributed by atoms with Gasteiger partial charge in [-0.2, -0.15) is 13.2 Å². The summed E-state index contributed by atoms with van der Waals surface area (Å²) in [5, 5.41) is 0.201. The molecule has 0 radical (unpaired) electrons. The fourth-order valence-corrected chi connectivity index (χ4v) is 4.85. The molecule has 178 valence electrons. The molecule has 0 aliphatic carbocycles. The summed E-state index contributed by atoms with van der Waals surface area (Å²) in [5.41, 5.74) is 1.62. The van der Waals surface area contributed by atoms with Crippen LogP contribution in [0, 0.1) is 5.82 Å². The van der Waals surface area contributed by atoms with Crippen LogP contribution in [0.5, 0.6) is 0 Å². The van der Waals surface area contributed by atoms with Crippen molar-refractivity contribution in [1.29, 1.82) is 0 Å². The highest BCUT2D eigenvalue weighted by molar-refractivity contribution is 6.32. The number of hydrogen-bond acceptors (Lipinski definition) is 1. The van der Waals surface area contributed by atoms with E-state index in [0.717, 1.165) is 29.1 Å². The lowest BCUT2D eigenvalue weighted by atomic mass is 10.0. The highest BCUT2D eigenvalue weighted by Crippen LogP contribution is 2.39. The number of amides is 1. The summed E-state index contributed by atoms with van der Waals surface area (Å²) < 4.78 is 55.1. The fourth-order valence-electron chi connectivity index (χ4n) is 4.63. The number of benzene rings is 3. The van der Waals surface area contributed by atoms with Crippen LogP contribution in [0.1, 0.15) is 40.4 Å². The largest absolute Gasteiger partial charge is 0.478 e. The van der Waals surface area contributed by atoms with Gasteiger partial charge in [0.2, 0.25) is 11.4 Å². The lowest BCUT2D eigenvalue weighted by molar-refractivity contribution is -0.358. The highest BCUT2D eigenvalue weighted by Gasteiger charge is 2.51. The number of likely N-dealkylation sites (tertiary alicyclic amines) is 1. The van der Waals surface area contributed by atoms with E-state index in [0.29, 0.717) is 23.4 Å². The van der Waals surface area contributed by atoms with Crippen molar-refractivity contribution in [3.8, 4) is 0 Å². The van der Waals surface area contributed by atoms with E-state index < -0.39 is 11.9 Å². The van der Waals surface area contributed by atoms with Crippen molar-refractivity contribution >= 4 is 34.6 Å². The molecule has 1 atom stereocenters. The Morgan fingerprint density at radius 3 is 2.31 bits per heavy atom. The molecule has 0 saturated carbocycles. The second-order valence-electron chi connectivity index (χ2n) is 8.48. The van der Waals surface area contributed by atoms with Gasteiger partial charge in [0, 0.05) is 23.7 Å². The summed E-state index contributed by atoms with van der Waals surface area (Å²) >= 11 is 6.19. The molecule has 3 nitrogen and oxygen atoms in total. The average Bonchev–Trinajstić information content (AvgIpc) is 3.29. The molecule has 35 heavy (non-hydrogen) atoms. The Bertz CT molecular complexity index is 1340. The minimum absolute atomic E-state index is 0.142. The minimum atomic E-state index is -4.54. The number of halogens is 5. The normalized spacial score (nSPS) is 17.9. The third kappa shape index (κ3) is 4.36. The topological polar surface area (TPSA) is 23.3 Å².